The van der Waals surface area contributed by atoms with Crippen LogP contribution in [0.25, 0.3) is 0 Å². The van der Waals surface area contributed by atoms with Crippen LogP contribution >= 0.6 is 23.2 Å². The Kier molecular flexibility index (Phi) is 4.45. The molecule has 0 bridgehead atoms. The van der Waals surface area contributed by atoms with Crippen LogP contribution < -0.4 is 5.32 Å². The third-order valence-corrected chi connectivity index (χ3v) is 4.16. The fraction of sp³-hybridized carbons (Fsp3) is 0.250. The van der Waals surface area contributed by atoms with Gasteiger partial charge in [-0.05, 0) is 17.7 Å². The molecule has 3 rings (SSSR count). The summed E-state index contributed by atoms with van der Waals surface area (Å²) in [5, 5.41) is 3.74. The Hall–Kier alpha value is -1.13. The topological polar surface area (TPSA) is 21.3 Å². The number of benzene rings is 2. The monoisotopic (exact) mass is 325 g/mol. The van der Waals surface area contributed by atoms with Crippen molar-refractivity contribution in [1.82, 2.24) is 5.32 Å². The Morgan fingerprint density at radius 2 is 1.71 bits per heavy atom. The molecule has 0 aromatic heterocycles. The molecule has 1 fully saturated rings. The number of morpholine rings is 1. The smallest absolute Gasteiger partial charge is 0.142 e. The van der Waals surface area contributed by atoms with E-state index in [0.29, 0.717) is 23.7 Å². The zero-order valence-electron chi connectivity index (χ0n) is 11.2. The molecule has 110 valence electrons. The fourth-order valence-electron chi connectivity index (χ4n) is 2.47. The van der Waals surface area contributed by atoms with Crippen LogP contribution in [-0.4, -0.2) is 13.1 Å². The first kappa shape index (κ1) is 14.8. The highest BCUT2D eigenvalue weighted by atomic mass is 35.5. The molecular formula is C16H14Cl2FNO. The molecule has 1 aliphatic heterocycles. The minimum Gasteiger partial charge on any atom is -0.363 e. The Morgan fingerprint density at radius 1 is 1.00 bits per heavy atom. The quantitative estimate of drug-likeness (QED) is 0.819. The van der Waals surface area contributed by atoms with Gasteiger partial charge in [0.15, 0.2) is 0 Å². The van der Waals surface area contributed by atoms with Crippen molar-refractivity contribution in [3.05, 3.63) is 69.5 Å². The normalized spacial score (nSPS) is 22.2. The van der Waals surface area contributed by atoms with Crippen LogP contribution in [0.4, 0.5) is 4.39 Å². The molecule has 1 heterocycles. The Labute approximate surface area is 132 Å². The molecule has 0 radical (unpaired) electrons. The van der Waals surface area contributed by atoms with Gasteiger partial charge in [-0.2, -0.15) is 0 Å². The van der Waals surface area contributed by atoms with Crippen molar-refractivity contribution < 1.29 is 9.13 Å². The van der Waals surface area contributed by atoms with Crippen LogP contribution in [-0.2, 0) is 4.74 Å². The third kappa shape index (κ3) is 3.22. The van der Waals surface area contributed by atoms with Crippen molar-refractivity contribution in [2.45, 2.75) is 12.2 Å². The van der Waals surface area contributed by atoms with Gasteiger partial charge in [-0.1, -0.05) is 53.5 Å². The molecule has 0 spiro atoms. The molecule has 1 N–H and O–H groups in total. The summed E-state index contributed by atoms with van der Waals surface area (Å²) in [4.78, 5) is 0. The van der Waals surface area contributed by atoms with Crippen LogP contribution in [0.15, 0.2) is 42.5 Å². The largest absolute Gasteiger partial charge is 0.363 e. The van der Waals surface area contributed by atoms with Gasteiger partial charge in [0.2, 0.25) is 0 Å². The number of ether oxygens (including phenoxy) is 1. The minimum absolute atomic E-state index is 0.0205. The van der Waals surface area contributed by atoms with Crippen molar-refractivity contribution in [3.63, 3.8) is 0 Å². The van der Waals surface area contributed by atoms with E-state index in [2.05, 4.69) is 5.32 Å². The second kappa shape index (κ2) is 6.32. The minimum atomic E-state index is -0.485. The molecule has 1 saturated heterocycles. The van der Waals surface area contributed by atoms with Crippen LogP contribution in [0.2, 0.25) is 10.0 Å². The second-order valence-corrected chi connectivity index (χ2v) is 5.78. The lowest BCUT2D eigenvalue weighted by atomic mass is 10.0. The lowest BCUT2D eigenvalue weighted by Gasteiger charge is -2.32. The maximum atomic E-state index is 13.7. The van der Waals surface area contributed by atoms with Crippen LogP contribution in [0, 0.1) is 5.82 Å². The molecule has 5 heteroatoms. The average Bonchev–Trinajstić information content (AvgIpc) is 2.52. The van der Waals surface area contributed by atoms with Gasteiger partial charge in [-0.15, -0.1) is 0 Å². The number of nitrogens with one attached hydrogen (secondary N) is 1. The molecule has 0 amide bonds. The zero-order valence-corrected chi connectivity index (χ0v) is 12.7. The van der Waals surface area contributed by atoms with Gasteiger partial charge >= 0.3 is 0 Å². The van der Waals surface area contributed by atoms with E-state index in [1.807, 2.05) is 30.3 Å². The highest BCUT2D eigenvalue weighted by Gasteiger charge is 2.26. The maximum absolute atomic E-state index is 13.7. The Bertz CT molecular complexity index is 636. The average molecular weight is 326 g/mol. The van der Waals surface area contributed by atoms with Gasteiger partial charge in [0.25, 0.3) is 0 Å². The highest BCUT2D eigenvalue weighted by molar-refractivity contribution is 6.35. The molecule has 2 unspecified atom stereocenters. The maximum Gasteiger partial charge on any atom is 0.142 e. The molecule has 21 heavy (non-hydrogen) atoms. The molecule has 2 aromatic carbocycles. The molecular weight excluding hydrogens is 312 g/mol. The summed E-state index contributed by atoms with van der Waals surface area (Å²) >= 11 is 11.9. The van der Waals surface area contributed by atoms with Crippen molar-refractivity contribution >= 4 is 23.2 Å². The summed E-state index contributed by atoms with van der Waals surface area (Å²) in [6, 6.07) is 12.7. The standard InChI is InChI=1S/C16H14Cl2FNO/c17-12-7-13(18)14(19)6-11(12)16-9-20-8-15(21-16)10-4-2-1-3-5-10/h1-7,15-16,20H,8-9H2. The Balaban J connectivity index is 1.85. The van der Waals surface area contributed by atoms with Gasteiger partial charge in [0.1, 0.15) is 5.82 Å². The predicted molar refractivity (Wildman–Crippen MR) is 82.3 cm³/mol. The molecule has 2 aromatic rings. The van der Waals surface area contributed by atoms with Gasteiger partial charge < -0.3 is 10.1 Å². The molecule has 2 nitrogen and oxygen atoms in total. The van der Waals surface area contributed by atoms with Crippen molar-refractivity contribution in [2.75, 3.05) is 13.1 Å². The fourth-order valence-corrected chi connectivity index (χ4v) is 2.98. The van der Waals surface area contributed by atoms with E-state index < -0.39 is 5.82 Å². The Morgan fingerprint density at radius 3 is 2.48 bits per heavy atom. The van der Waals surface area contributed by atoms with E-state index in [1.54, 1.807) is 0 Å². The predicted octanol–water partition coefficient (Wildman–Crippen LogP) is 4.53. The van der Waals surface area contributed by atoms with Gasteiger partial charge in [0, 0.05) is 23.7 Å². The van der Waals surface area contributed by atoms with Gasteiger partial charge in [-0.3, -0.25) is 0 Å². The second-order valence-electron chi connectivity index (χ2n) is 4.97. The van der Waals surface area contributed by atoms with E-state index >= 15 is 0 Å². The van der Waals surface area contributed by atoms with E-state index in [1.165, 1.54) is 12.1 Å². The number of halogens is 3. The number of rotatable bonds is 2. The summed E-state index contributed by atoms with van der Waals surface area (Å²) in [7, 11) is 0. The molecule has 1 aliphatic rings. The zero-order chi connectivity index (χ0) is 14.8. The van der Waals surface area contributed by atoms with E-state index in [-0.39, 0.29) is 17.2 Å². The van der Waals surface area contributed by atoms with E-state index in [4.69, 9.17) is 27.9 Å². The molecule has 0 aliphatic carbocycles. The lowest BCUT2D eigenvalue weighted by Crippen LogP contribution is -2.36. The highest BCUT2D eigenvalue weighted by Crippen LogP contribution is 2.35. The van der Waals surface area contributed by atoms with E-state index in [9.17, 15) is 4.39 Å². The first-order valence-electron chi connectivity index (χ1n) is 6.70. The summed E-state index contributed by atoms with van der Waals surface area (Å²) in [5.41, 5.74) is 1.70. The van der Waals surface area contributed by atoms with Gasteiger partial charge in [0.05, 0.1) is 17.2 Å². The van der Waals surface area contributed by atoms with E-state index in [0.717, 1.165) is 5.56 Å². The molecule has 0 saturated carbocycles. The lowest BCUT2D eigenvalue weighted by molar-refractivity contribution is -0.0406. The summed E-state index contributed by atoms with van der Waals surface area (Å²) in [6.45, 7) is 1.30. The SMILES string of the molecule is Fc1cc(C2CNCC(c3ccccc3)O2)c(Cl)cc1Cl. The first-order valence-corrected chi connectivity index (χ1v) is 7.46. The number of hydrogen-bond donors (Lipinski definition) is 1. The summed E-state index contributed by atoms with van der Waals surface area (Å²) < 4.78 is 19.7. The van der Waals surface area contributed by atoms with Crippen molar-refractivity contribution in [3.8, 4) is 0 Å². The van der Waals surface area contributed by atoms with Crippen molar-refractivity contribution in [1.29, 1.82) is 0 Å². The van der Waals surface area contributed by atoms with Crippen LogP contribution in [0.5, 0.6) is 0 Å². The molecule has 2 atom stereocenters. The van der Waals surface area contributed by atoms with Gasteiger partial charge in [-0.25, -0.2) is 4.39 Å². The summed E-state index contributed by atoms with van der Waals surface area (Å²) in [6.07, 6.45) is -0.386. The third-order valence-electron chi connectivity index (χ3n) is 3.55. The van der Waals surface area contributed by atoms with Crippen LogP contribution in [0.1, 0.15) is 23.3 Å². The summed E-state index contributed by atoms with van der Waals surface area (Å²) in [5.74, 6) is -0.485. The number of hydrogen-bond acceptors (Lipinski definition) is 2. The van der Waals surface area contributed by atoms with Crippen LogP contribution in [0.3, 0.4) is 0 Å². The van der Waals surface area contributed by atoms with Crippen molar-refractivity contribution in [2.24, 2.45) is 0 Å². The first-order chi connectivity index (χ1) is 10.1.